The first-order chi connectivity index (χ1) is 14.4. The van der Waals surface area contributed by atoms with E-state index in [4.69, 9.17) is 11.6 Å². The number of halogens is 2. The van der Waals surface area contributed by atoms with E-state index in [-0.39, 0.29) is 11.5 Å². The minimum atomic E-state index is -2.59. The maximum absolute atomic E-state index is 15.3. The van der Waals surface area contributed by atoms with Crippen LogP contribution >= 0.6 is 23.4 Å². The van der Waals surface area contributed by atoms with E-state index in [0.29, 0.717) is 10.6 Å². The van der Waals surface area contributed by atoms with Gasteiger partial charge in [0.1, 0.15) is 0 Å². The highest BCUT2D eigenvalue weighted by atomic mass is 35.5. The summed E-state index contributed by atoms with van der Waals surface area (Å²) < 4.78 is 15.3. The minimum absolute atomic E-state index is 0.0313. The van der Waals surface area contributed by atoms with Crippen LogP contribution in [0, 0.1) is 0 Å². The number of hydrogen-bond acceptors (Lipinski definition) is 4. The number of carbonyl (C=O) groups is 1. The largest absolute Gasteiger partial charge is 0.479 e. The molecule has 1 unspecified atom stereocenters. The SMILES string of the molecule is O=C(O)C(F)(CSc1ccccc1)C/C(=N\O)c1ccc(-c2ccc(Cl)cc2)cc1. The molecule has 30 heavy (non-hydrogen) atoms. The van der Waals surface area contributed by atoms with E-state index in [2.05, 4.69) is 5.16 Å². The highest BCUT2D eigenvalue weighted by molar-refractivity contribution is 7.99. The van der Waals surface area contributed by atoms with Gasteiger partial charge in [-0.1, -0.05) is 71.4 Å². The van der Waals surface area contributed by atoms with Gasteiger partial charge in [0.2, 0.25) is 5.67 Å². The Labute approximate surface area is 183 Å². The first kappa shape index (κ1) is 21.9. The quantitative estimate of drug-likeness (QED) is 0.189. The summed E-state index contributed by atoms with van der Waals surface area (Å²) in [7, 11) is 0. The molecule has 0 saturated heterocycles. The summed E-state index contributed by atoms with van der Waals surface area (Å²) in [5.41, 5.74) is -0.328. The van der Waals surface area contributed by atoms with Crippen LogP contribution in [0.4, 0.5) is 4.39 Å². The molecule has 0 heterocycles. The molecule has 154 valence electrons. The zero-order valence-electron chi connectivity index (χ0n) is 15.8. The molecule has 0 spiro atoms. The molecule has 0 aromatic heterocycles. The summed E-state index contributed by atoms with van der Waals surface area (Å²) in [6.45, 7) is 0. The molecular weight excluding hydrogens is 425 g/mol. The maximum atomic E-state index is 15.3. The topological polar surface area (TPSA) is 69.9 Å². The Morgan fingerprint density at radius 1 is 0.967 bits per heavy atom. The lowest BCUT2D eigenvalue weighted by Crippen LogP contribution is -2.39. The van der Waals surface area contributed by atoms with Gasteiger partial charge in [-0.2, -0.15) is 0 Å². The average Bonchev–Trinajstić information content (AvgIpc) is 2.77. The molecule has 0 saturated carbocycles. The lowest BCUT2D eigenvalue weighted by Gasteiger charge is -2.21. The monoisotopic (exact) mass is 443 g/mol. The Balaban J connectivity index is 1.76. The summed E-state index contributed by atoms with van der Waals surface area (Å²) in [5, 5.41) is 22.7. The number of rotatable bonds is 8. The van der Waals surface area contributed by atoms with Crippen LogP contribution in [0.15, 0.2) is 88.9 Å². The van der Waals surface area contributed by atoms with Crippen LogP contribution in [0.3, 0.4) is 0 Å². The summed E-state index contributed by atoms with van der Waals surface area (Å²) in [4.78, 5) is 12.4. The smallest absolute Gasteiger partial charge is 0.342 e. The number of carboxylic acid groups (broad SMARTS) is 1. The zero-order chi connectivity index (χ0) is 21.6. The predicted octanol–water partition coefficient (Wildman–Crippen LogP) is 6.16. The summed E-state index contributed by atoms with van der Waals surface area (Å²) in [6, 6.07) is 23.2. The molecular formula is C23H19ClFNO3S. The van der Waals surface area contributed by atoms with E-state index in [0.717, 1.165) is 27.8 Å². The fraction of sp³-hybridized carbons (Fsp3) is 0.130. The fourth-order valence-corrected chi connectivity index (χ4v) is 3.96. The number of thioether (sulfide) groups is 1. The Morgan fingerprint density at radius 2 is 1.53 bits per heavy atom. The molecule has 0 radical (unpaired) electrons. The van der Waals surface area contributed by atoms with Crippen molar-refractivity contribution >= 4 is 35.0 Å². The van der Waals surface area contributed by atoms with Gasteiger partial charge in [0, 0.05) is 22.1 Å². The molecule has 2 N–H and O–H groups in total. The maximum Gasteiger partial charge on any atom is 0.342 e. The van der Waals surface area contributed by atoms with Crippen molar-refractivity contribution in [1.29, 1.82) is 0 Å². The van der Waals surface area contributed by atoms with Crippen molar-refractivity contribution in [2.75, 3.05) is 5.75 Å². The van der Waals surface area contributed by atoms with Crippen LogP contribution in [-0.4, -0.2) is 33.4 Å². The summed E-state index contributed by atoms with van der Waals surface area (Å²) in [6.07, 6.45) is -0.557. The van der Waals surface area contributed by atoms with Gasteiger partial charge < -0.3 is 10.3 Å². The second-order valence-corrected chi connectivity index (χ2v) is 8.17. The van der Waals surface area contributed by atoms with Gasteiger partial charge in [0.15, 0.2) is 0 Å². The molecule has 0 amide bonds. The van der Waals surface area contributed by atoms with Crippen LogP contribution < -0.4 is 0 Å². The molecule has 0 fully saturated rings. The van der Waals surface area contributed by atoms with E-state index < -0.39 is 18.1 Å². The third-order valence-electron chi connectivity index (χ3n) is 4.56. The highest BCUT2D eigenvalue weighted by Gasteiger charge is 2.40. The van der Waals surface area contributed by atoms with Gasteiger partial charge in [0.25, 0.3) is 0 Å². The van der Waals surface area contributed by atoms with E-state index in [9.17, 15) is 15.1 Å². The number of oxime groups is 1. The molecule has 4 nitrogen and oxygen atoms in total. The van der Waals surface area contributed by atoms with E-state index >= 15 is 4.39 Å². The van der Waals surface area contributed by atoms with Gasteiger partial charge in [-0.15, -0.1) is 11.8 Å². The van der Waals surface area contributed by atoms with Crippen molar-refractivity contribution in [1.82, 2.24) is 0 Å². The fourth-order valence-electron chi connectivity index (χ4n) is 2.86. The molecule has 0 bridgehead atoms. The summed E-state index contributed by atoms with van der Waals surface area (Å²) >= 11 is 7.01. The molecule has 0 aliphatic heterocycles. The predicted molar refractivity (Wildman–Crippen MR) is 118 cm³/mol. The van der Waals surface area contributed by atoms with Crippen molar-refractivity contribution in [2.24, 2.45) is 5.16 Å². The van der Waals surface area contributed by atoms with E-state index in [1.165, 1.54) is 0 Å². The normalized spacial score (nSPS) is 13.6. The van der Waals surface area contributed by atoms with Gasteiger partial charge in [0.05, 0.1) is 5.71 Å². The second-order valence-electron chi connectivity index (χ2n) is 6.68. The minimum Gasteiger partial charge on any atom is -0.479 e. The third kappa shape index (κ3) is 5.40. The number of hydrogen-bond donors (Lipinski definition) is 2. The van der Waals surface area contributed by atoms with Crippen molar-refractivity contribution in [3.8, 4) is 11.1 Å². The standard InChI is InChI=1S/C23H19ClFNO3S/c24-19-12-10-17(11-13-19)16-6-8-18(9-7-16)21(26-29)14-23(25,22(27)28)15-30-20-4-2-1-3-5-20/h1-13,29H,14-15H2,(H,27,28)/b26-21+. The number of carboxylic acids is 1. The molecule has 1 atom stereocenters. The zero-order valence-corrected chi connectivity index (χ0v) is 17.4. The number of nitrogens with zero attached hydrogens (tertiary/aromatic N) is 1. The van der Waals surface area contributed by atoms with Gasteiger partial charge >= 0.3 is 5.97 Å². The first-order valence-corrected chi connectivity index (χ1v) is 10.4. The van der Waals surface area contributed by atoms with Gasteiger partial charge in [-0.25, -0.2) is 9.18 Å². The van der Waals surface area contributed by atoms with Crippen molar-refractivity contribution in [3.05, 3.63) is 89.4 Å². The highest BCUT2D eigenvalue weighted by Crippen LogP contribution is 2.30. The Bertz CT molecular complexity index is 1030. The second kappa shape index (κ2) is 9.78. The van der Waals surface area contributed by atoms with Crippen molar-refractivity contribution in [3.63, 3.8) is 0 Å². The number of benzene rings is 3. The van der Waals surface area contributed by atoms with E-state index in [1.807, 2.05) is 18.2 Å². The third-order valence-corrected chi connectivity index (χ3v) is 6.02. The van der Waals surface area contributed by atoms with Crippen molar-refractivity contribution in [2.45, 2.75) is 17.0 Å². The van der Waals surface area contributed by atoms with Gasteiger partial charge in [-0.05, 0) is 41.0 Å². The Morgan fingerprint density at radius 3 is 2.07 bits per heavy atom. The first-order valence-electron chi connectivity index (χ1n) is 9.09. The van der Waals surface area contributed by atoms with Crippen LogP contribution in [0.2, 0.25) is 5.02 Å². The molecule has 3 aromatic rings. The molecule has 0 aliphatic carbocycles. The molecule has 3 aromatic carbocycles. The molecule has 3 rings (SSSR count). The van der Waals surface area contributed by atoms with Crippen LogP contribution in [0.5, 0.6) is 0 Å². The molecule has 7 heteroatoms. The Kier molecular flexibility index (Phi) is 7.13. The van der Waals surface area contributed by atoms with Crippen LogP contribution in [-0.2, 0) is 4.79 Å². The number of alkyl halides is 1. The lowest BCUT2D eigenvalue weighted by molar-refractivity contribution is -0.148. The van der Waals surface area contributed by atoms with Crippen molar-refractivity contribution < 1.29 is 19.5 Å². The summed E-state index contributed by atoms with van der Waals surface area (Å²) in [5.74, 6) is -1.90. The van der Waals surface area contributed by atoms with Gasteiger partial charge in [-0.3, -0.25) is 0 Å². The van der Waals surface area contributed by atoms with Crippen LogP contribution in [0.25, 0.3) is 11.1 Å². The Hall–Kier alpha value is -2.83. The number of aliphatic carboxylic acids is 1. The lowest BCUT2D eigenvalue weighted by atomic mass is 9.95. The average molecular weight is 444 g/mol. The molecule has 0 aliphatic rings. The van der Waals surface area contributed by atoms with E-state index in [1.54, 1.807) is 60.7 Å². The van der Waals surface area contributed by atoms with Crippen LogP contribution in [0.1, 0.15) is 12.0 Å².